The summed E-state index contributed by atoms with van der Waals surface area (Å²) >= 11 is 1.50. The summed E-state index contributed by atoms with van der Waals surface area (Å²) in [6.45, 7) is 11.1. The SMILES string of the molecule is CN1CCN(c2nc(NC3=NCC(C(C)(C)C)=C3)nc(Sc3ccc(N)cc3)n2)CC1. The van der Waals surface area contributed by atoms with Crippen LogP contribution in [-0.4, -0.2) is 65.5 Å². The van der Waals surface area contributed by atoms with Crippen molar-refractivity contribution in [3.63, 3.8) is 0 Å². The number of benzene rings is 1. The fourth-order valence-corrected chi connectivity index (χ4v) is 4.05. The molecule has 1 aromatic heterocycles. The van der Waals surface area contributed by atoms with Gasteiger partial charge in [-0.1, -0.05) is 20.8 Å². The third-order valence-electron chi connectivity index (χ3n) is 5.41. The summed E-state index contributed by atoms with van der Waals surface area (Å²) in [4.78, 5) is 24.3. The summed E-state index contributed by atoms with van der Waals surface area (Å²) in [6, 6.07) is 7.73. The molecular formula is C22H30N8S. The first-order valence-corrected chi connectivity index (χ1v) is 11.3. The molecule has 2 aliphatic heterocycles. The lowest BCUT2D eigenvalue weighted by molar-refractivity contribution is 0.311. The molecule has 1 saturated heterocycles. The van der Waals surface area contributed by atoms with Gasteiger partial charge in [-0.2, -0.15) is 15.0 Å². The molecule has 1 aromatic carbocycles. The first kappa shape index (κ1) is 21.6. The highest BCUT2D eigenvalue weighted by molar-refractivity contribution is 7.99. The molecule has 9 heteroatoms. The molecular weight excluding hydrogens is 408 g/mol. The van der Waals surface area contributed by atoms with E-state index in [1.54, 1.807) is 0 Å². The van der Waals surface area contributed by atoms with Gasteiger partial charge in [0.05, 0.1) is 6.54 Å². The van der Waals surface area contributed by atoms with E-state index in [9.17, 15) is 0 Å². The Morgan fingerprint density at radius 2 is 1.71 bits per heavy atom. The number of aromatic nitrogens is 3. The molecule has 0 spiro atoms. The van der Waals surface area contributed by atoms with Crippen LogP contribution in [0.2, 0.25) is 0 Å². The molecule has 0 amide bonds. The van der Waals surface area contributed by atoms with Gasteiger partial charge in [-0.3, -0.25) is 4.99 Å². The van der Waals surface area contributed by atoms with Gasteiger partial charge >= 0.3 is 0 Å². The Morgan fingerprint density at radius 3 is 2.35 bits per heavy atom. The zero-order chi connectivity index (χ0) is 22.0. The van der Waals surface area contributed by atoms with Gasteiger partial charge in [0.2, 0.25) is 11.9 Å². The van der Waals surface area contributed by atoms with Gasteiger partial charge < -0.3 is 20.9 Å². The minimum Gasteiger partial charge on any atom is -0.399 e. The Hall–Kier alpha value is -2.65. The van der Waals surface area contributed by atoms with E-state index in [1.807, 2.05) is 24.3 Å². The van der Waals surface area contributed by atoms with E-state index in [0.717, 1.165) is 42.6 Å². The monoisotopic (exact) mass is 438 g/mol. The molecule has 0 radical (unpaired) electrons. The molecule has 3 N–H and O–H groups in total. The minimum atomic E-state index is 0.0905. The second-order valence-electron chi connectivity index (χ2n) is 8.95. The van der Waals surface area contributed by atoms with Crippen molar-refractivity contribution in [1.82, 2.24) is 19.9 Å². The molecule has 4 rings (SSSR count). The van der Waals surface area contributed by atoms with E-state index in [0.29, 0.717) is 23.6 Å². The molecule has 0 aliphatic carbocycles. The Kier molecular flexibility index (Phi) is 6.15. The fourth-order valence-electron chi connectivity index (χ4n) is 3.31. The van der Waals surface area contributed by atoms with Crippen molar-refractivity contribution in [2.24, 2.45) is 10.4 Å². The lowest BCUT2D eigenvalue weighted by Gasteiger charge is -2.32. The number of amidine groups is 1. The maximum absolute atomic E-state index is 5.82. The highest BCUT2D eigenvalue weighted by Crippen LogP contribution is 2.29. The topological polar surface area (TPSA) is 95.6 Å². The van der Waals surface area contributed by atoms with Crippen LogP contribution in [0.15, 0.2) is 51.0 Å². The number of nitrogens with one attached hydrogen (secondary N) is 1. The number of rotatable bonds is 4. The van der Waals surface area contributed by atoms with Crippen LogP contribution in [0.3, 0.4) is 0 Å². The molecule has 3 heterocycles. The smallest absolute Gasteiger partial charge is 0.234 e. The number of nitrogens with zero attached hydrogens (tertiary/aromatic N) is 6. The molecule has 0 atom stereocenters. The zero-order valence-electron chi connectivity index (χ0n) is 18.6. The molecule has 1 fully saturated rings. The Bertz CT molecular complexity index is 986. The predicted octanol–water partition coefficient (Wildman–Crippen LogP) is 3.15. The number of hydrogen-bond acceptors (Lipinski definition) is 9. The Labute approximate surface area is 188 Å². The quantitative estimate of drug-likeness (QED) is 0.703. The summed E-state index contributed by atoms with van der Waals surface area (Å²) in [5, 5.41) is 3.96. The van der Waals surface area contributed by atoms with Gasteiger partial charge in [-0.05, 0) is 60.1 Å². The minimum absolute atomic E-state index is 0.0905. The van der Waals surface area contributed by atoms with E-state index in [1.165, 1.54) is 17.3 Å². The van der Waals surface area contributed by atoms with Gasteiger partial charge in [0.25, 0.3) is 0 Å². The molecule has 0 unspecified atom stereocenters. The van der Waals surface area contributed by atoms with Crippen molar-refractivity contribution >= 4 is 35.2 Å². The van der Waals surface area contributed by atoms with Crippen LogP contribution in [0.5, 0.6) is 0 Å². The summed E-state index contributed by atoms with van der Waals surface area (Å²) in [7, 11) is 2.14. The van der Waals surface area contributed by atoms with Crippen LogP contribution >= 0.6 is 11.8 Å². The number of likely N-dealkylation sites (N-methyl/N-ethyl adjacent to an activating group) is 1. The van der Waals surface area contributed by atoms with E-state index in [2.05, 4.69) is 59.0 Å². The van der Waals surface area contributed by atoms with Crippen molar-refractivity contribution < 1.29 is 0 Å². The fraction of sp³-hybridized carbons (Fsp3) is 0.455. The highest BCUT2D eigenvalue weighted by atomic mass is 32.2. The number of hydrogen-bond donors (Lipinski definition) is 2. The van der Waals surface area contributed by atoms with Crippen molar-refractivity contribution in [2.75, 3.05) is 55.7 Å². The average molecular weight is 439 g/mol. The summed E-state index contributed by atoms with van der Waals surface area (Å²) in [5.41, 5.74) is 7.94. The van der Waals surface area contributed by atoms with E-state index >= 15 is 0 Å². The largest absolute Gasteiger partial charge is 0.399 e. The third kappa shape index (κ3) is 5.54. The first-order valence-electron chi connectivity index (χ1n) is 10.5. The zero-order valence-corrected chi connectivity index (χ0v) is 19.4. The number of nitrogen functional groups attached to an aromatic ring is 1. The van der Waals surface area contributed by atoms with Crippen LogP contribution < -0.4 is 16.0 Å². The van der Waals surface area contributed by atoms with E-state index < -0.39 is 0 Å². The van der Waals surface area contributed by atoms with Gasteiger partial charge in [-0.25, -0.2) is 0 Å². The molecule has 31 heavy (non-hydrogen) atoms. The molecule has 164 valence electrons. The van der Waals surface area contributed by atoms with Gasteiger partial charge in [0.15, 0.2) is 5.16 Å². The Balaban J connectivity index is 1.60. The maximum Gasteiger partial charge on any atom is 0.234 e. The van der Waals surface area contributed by atoms with E-state index in [-0.39, 0.29) is 5.41 Å². The van der Waals surface area contributed by atoms with Gasteiger partial charge in [0.1, 0.15) is 5.84 Å². The normalized spacial score (nSPS) is 17.5. The van der Waals surface area contributed by atoms with Crippen LogP contribution in [0.25, 0.3) is 0 Å². The lowest BCUT2D eigenvalue weighted by atomic mass is 9.87. The Morgan fingerprint density at radius 1 is 1.00 bits per heavy atom. The van der Waals surface area contributed by atoms with Crippen molar-refractivity contribution in [1.29, 1.82) is 0 Å². The molecule has 0 bridgehead atoms. The van der Waals surface area contributed by atoms with Crippen LogP contribution in [0.4, 0.5) is 17.6 Å². The van der Waals surface area contributed by atoms with Crippen molar-refractivity contribution in [2.45, 2.75) is 30.8 Å². The van der Waals surface area contributed by atoms with Crippen LogP contribution in [0, 0.1) is 5.41 Å². The average Bonchev–Trinajstić information content (AvgIpc) is 3.19. The van der Waals surface area contributed by atoms with Gasteiger partial charge in [-0.15, -0.1) is 0 Å². The summed E-state index contributed by atoms with van der Waals surface area (Å²) < 4.78 is 0. The third-order valence-corrected chi connectivity index (χ3v) is 6.29. The molecule has 2 aliphatic rings. The molecule has 8 nitrogen and oxygen atoms in total. The summed E-state index contributed by atoms with van der Waals surface area (Å²) in [6.07, 6.45) is 2.10. The number of anilines is 3. The van der Waals surface area contributed by atoms with Crippen molar-refractivity contribution in [3.05, 3.63) is 35.9 Å². The molecule has 2 aromatic rings. The van der Waals surface area contributed by atoms with Crippen molar-refractivity contribution in [3.8, 4) is 0 Å². The van der Waals surface area contributed by atoms with Gasteiger partial charge in [0, 0.05) is 36.8 Å². The lowest BCUT2D eigenvalue weighted by Crippen LogP contribution is -2.45. The number of piperazine rings is 1. The van der Waals surface area contributed by atoms with Crippen LogP contribution in [-0.2, 0) is 0 Å². The number of aliphatic imine (C=N–C) groups is 1. The second-order valence-corrected chi connectivity index (χ2v) is 9.99. The predicted molar refractivity (Wildman–Crippen MR) is 128 cm³/mol. The summed E-state index contributed by atoms with van der Waals surface area (Å²) in [5.74, 6) is 2.01. The highest BCUT2D eigenvalue weighted by Gasteiger charge is 2.23. The standard InChI is InChI=1S/C22H30N8S/c1-22(2,3)15-13-18(24-14-15)25-19-26-20(30-11-9-29(4)10-12-30)28-21(27-19)31-17-7-5-16(23)6-8-17/h5-8,13H,9-12,14,23H2,1-4H3,(H,24,25,26,27,28). The second kappa shape index (κ2) is 8.84. The maximum atomic E-state index is 5.82. The molecule has 0 saturated carbocycles. The van der Waals surface area contributed by atoms with Crippen LogP contribution in [0.1, 0.15) is 20.8 Å². The first-order chi connectivity index (χ1) is 14.8. The number of nitrogens with two attached hydrogens (primary N) is 1. The van der Waals surface area contributed by atoms with E-state index in [4.69, 9.17) is 15.7 Å².